The van der Waals surface area contributed by atoms with Crippen molar-refractivity contribution in [1.29, 1.82) is 0 Å². The van der Waals surface area contributed by atoms with E-state index in [1.165, 1.54) is 12.1 Å². The number of hydrogen-bond acceptors (Lipinski definition) is 5. The molecule has 1 amide bonds. The van der Waals surface area contributed by atoms with Crippen molar-refractivity contribution in [3.05, 3.63) is 41.7 Å². The Kier molecular flexibility index (Phi) is 5.98. The molecule has 0 spiro atoms. The second-order valence-electron chi connectivity index (χ2n) is 7.91. The first-order valence-corrected chi connectivity index (χ1v) is 9.63. The zero-order valence-corrected chi connectivity index (χ0v) is 16.9. The predicted molar refractivity (Wildman–Crippen MR) is 103 cm³/mol. The Hall–Kier alpha value is -2.48. The molecule has 1 atom stereocenters. The highest BCUT2D eigenvalue weighted by Gasteiger charge is 2.32. The second-order valence-corrected chi connectivity index (χ2v) is 7.91. The molecule has 1 aliphatic heterocycles. The minimum absolute atomic E-state index is 0.0284. The lowest BCUT2D eigenvalue weighted by molar-refractivity contribution is -0.128. The summed E-state index contributed by atoms with van der Waals surface area (Å²) in [4.78, 5) is 19.2. The molecule has 8 heteroatoms. The zero-order valence-electron chi connectivity index (χ0n) is 16.9. The van der Waals surface area contributed by atoms with Gasteiger partial charge in [0.1, 0.15) is 24.0 Å². The van der Waals surface area contributed by atoms with E-state index in [1.54, 1.807) is 12.1 Å². The number of benzene rings is 1. The molecule has 0 bridgehead atoms. The summed E-state index contributed by atoms with van der Waals surface area (Å²) in [6.45, 7) is 10.7. The number of rotatable bonds is 6. The molecule has 0 aliphatic carbocycles. The van der Waals surface area contributed by atoms with Crippen LogP contribution >= 0.6 is 0 Å². The molecule has 2 heterocycles. The van der Waals surface area contributed by atoms with Crippen molar-refractivity contribution in [1.82, 2.24) is 25.0 Å². The predicted octanol–water partition coefficient (Wildman–Crippen LogP) is 2.11. The van der Waals surface area contributed by atoms with E-state index in [2.05, 4.69) is 27.2 Å². The third kappa shape index (κ3) is 4.67. The number of likely N-dealkylation sites (N-methyl/N-ethyl adjacent to an activating group) is 1. The molecule has 0 saturated carbocycles. The normalized spacial score (nSPS) is 18.2. The van der Waals surface area contributed by atoms with Gasteiger partial charge in [0.2, 0.25) is 5.91 Å². The van der Waals surface area contributed by atoms with Gasteiger partial charge < -0.3 is 10.1 Å². The maximum Gasteiger partial charge on any atom is 0.237 e. The van der Waals surface area contributed by atoms with Gasteiger partial charge >= 0.3 is 0 Å². The number of carbonyl (C=O) groups is 1. The Morgan fingerprint density at radius 3 is 2.64 bits per heavy atom. The molecule has 2 aromatic rings. The van der Waals surface area contributed by atoms with Crippen molar-refractivity contribution in [2.75, 3.05) is 19.6 Å². The van der Waals surface area contributed by atoms with Gasteiger partial charge in [-0.1, -0.05) is 6.92 Å². The number of halogens is 1. The number of carbonyl (C=O) groups excluding carboxylic acids is 1. The summed E-state index contributed by atoms with van der Waals surface area (Å²) in [5.41, 5.74) is -0.279. The van der Waals surface area contributed by atoms with Crippen molar-refractivity contribution >= 4 is 5.91 Å². The van der Waals surface area contributed by atoms with Crippen molar-refractivity contribution < 1.29 is 13.9 Å². The van der Waals surface area contributed by atoms with Crippen molar-refractivity contribution in [2.24, 2.45) is 0 Å². The molecule has 152 valence electrons. The average molecular weight is 389 g/mol. The molecule has 1 aromatic carbocycles. The van der Waals surface area contributed by atoms with Crippen LogP contribution in [0.25, 0.3) is 0 Å². The third-order valence-electron chi connectivity index (χ3n) is 4.76. The Balaban J connectivity index is 1.79. The maximum atomic E-state index is 13.0. The van der Waals surface area contributed by atoms with Crippen LogP contribution in [0.15, 0.2) is 24.3 Å². The van der Waals surface area contributed by atoms with Crippen molar-refractivity contribution in [3.63, 3.8) is 0 Å². The van der Waals surface area contributed by atoms with Crippen LogP contribution in [0.4, 0.5) is 4.39 Å². The number of ether oxygens (including phenoxy) is 1. The fraction of sp³-hybridized carbons (Fsp3) is 0.550. The third-order valence-corrected chi connectivity index (χ3v) is 4.76. The summed E-state index contributed by atoms with van der Waals surface area (Å²) in [7, 11) is 0. The van der Waals surface area contributed by atoms with Gasteiger partial charge in [0.05, 0.1) is 11.6 Å². The molecule has 1 aromatic heterocycles. The van der Waals surface area contributed by atoms with Crippen LogP contribution in [0.1, 0.15) is 39.3 Å². The fourth-order valence-electron chi connectivity index (χ4n) is 3.34. The molecule has 7 nitrogen and oxygen atoms in total. The van der Waals surface area contributed by atoms with Gasteiger partial charge in [0.15, 0.2) is 5.82 Å². The van der Waals surface area contributed by atoms with E-state index in [1.807, 2.05) is 25.5 Å². The lowest BCUT2D eigenvalue weighted by atomic mass is 10.1. The molecule has 1 saturated heterocycles. The average Bonchev–Trinajstić information content (AvgIpc) is 3.06. The first-order valence-electron chi connectivity index (χ1n) is 9.63. The lowest BCUT2D eigenvalue weighted by Gasteiger charge is -2.34. The van der Waals surface area contributed by atoms with E-state index >= 15 is 0 Å². The molecule has 1 aliphatic rings. The summed E-state index contributed by atoms with van der Waals surface area (Å²) < 4.78 is 20.6. The van der Waals surface area contributed by atoms with E-state index in [-0.39, 0.29) is 29.9 Å². The first kappa shape index (κ1) is 20.3. The van der Waals surface area contributed by atoms with Gasteiger partial charge in [-0.3, -0.25) is 9.69 Å². The molecule has 1 unspecified atom stereocenters. The molecule has 28 heavy (non-hydrogen) atoms. The highest BCUT2D eigenvalue weighted by Crippen LogP contribution is 2.20. The largest absolute Gasteiger partial charge is 0.486 e. The van der Waals surface area contributed by atoms with Crippen LogP contribution in [0, 0.1) is 5.82 Å². The number of amides is 1. The fourth-order valence-corrected chi connectivity index (χ4v) is 3.34. The Morgan fingerprint density at radius 2 is 2.00 bits per heavy atom. The SMILES string of the molecule is CCN1CCNC(=O)C1Cc1nc(COc2ccc(F)cc2)nn1C(C)(C)C. The second kappa shape index (κ2) is 8.26. The van der Waals surface area contributed by atoms with Crippen LogP contribution in [-0.2, 0) is 23.4 Å². The maximum absolute atomic E-state index is 13.0. The van der Waals surface area contributed by atoms with Gasteiger partial charge in [0, 0.05) is 19.5 Å². The van der Waals surface area contributed by atoms with Crippen LogP contribution in [0.5, 0.6) is 5.75 Å². The molecular formula is C20H28FN5O2. The van der Waals surface area contributed by atoms with Crippen molar-refractivity contribution in [2.45, 2.75) is 52.3 Å². The summed E-state index contributed by atoms with van der Waals surface area (Å²) >= 11 is 0. The number of aromatic nitrogens is 3. The molecule has 1 N–H and O–H groups in total. The standard InChI is InChI=1S/C20H28FN5O2/c1-5-25-11-10-22-19(27)16(25)12-18-23-17(24-26(18)20(2,3)4)13-28-15-8-6-14(21)7-9-15/h6-9,16H,5,10-13H2,1-4H3,(H,22,27). The zero-order chi connectivity index (χ0) is 20.3. The van der Waals surface area contributed by atoms with Crippen LogP contribution in [0.2, 0.25) is 0 Å². The Labute approximate surface area is 164 Å². The highest BCUT2D eigenvalue weighted by atomic mass is 19.1. The van der Waals surface area contributed by atoms with Gasteiger partial charge in [-0.05, 0) is 51.6 Å². The summed E-state index contributed by atoms with van der Waals surface area (Å²) in [6.07, 6.45) is 0.487. The van der Waals surface area contributed by atoms with Gasteiger partial charge in [-0.25, -0.2) is 14.1 Å². The summed E-state index contributed by atoms with van der Waals surface area (Å²) in [6, 6.07) is 5.59. The van der Waals surface area contributed by atoms with E-state index in [0.29, 0.717) is 24.5 Å². The van der Waals surface area contributed by atoms with Crippen molar-refractivity contribution in [3.8, 4) is 5.75 Å². The number of nitrogens with zero attached hydrogens (tertiary/aromatic N) is 4. The quantitative estimate of drug-likeness (QED) is 0.819. The van der Waals surface area contributed by atoms with Crippen LogP contribution < -0.4 is 10.1 Å². The van der Waals surface area contributed by atoms with E-state index < -0.39 is 0 Å². The molecule has 1 fully saturated rings. The number of nitrogens with one attached hydrogen (secondary N) is 1. The number of hydrogen-bond donors (Lipinski definition) is 1. The van der Waals surface area contributed by atoms with E-state index in [9.17, 15) is 9.18 Å². The topological polar surface area (TPSA) is 72.3 Å². The highest BCUT2D eigenvalue weighted by molar-refractivity contribution is 5.82. The van der Waals surface area contributed by atoms with Gasteiger partial charge in [-0.15, -0.1) is 0 Å². The van der Waals surface area contributed by atoms with Gasteiger partial charge in [-0.2, -0.15) is 5.10 Å². The van der Waals surface area contributed by atoms with E-state index in [0.717, 1.165) is 18.9 Å². The van der Waals surface area contributed by atoms with Gasteiger partial charge in [0.25, 0.3) is 0 Å². The minimum Gasteiger partial charge on any atom is -0.486 e. The first-order chi connectivity index (χ1) is 13.3. The number of piperazine rings is 1. The lowest BCUT2D eigenvalue weighted by Crippen LogP contribution is -2.56. The smallest absolute Gasteiger partial charge is 0.237 e. The summed E-state index contributed by atoms with van der Waals surface area (Å²) in [5, 5.41) is 7.55. The summed E-state index contributed by atoms with van der Waals surface area (Å²) in [5.74, 6) is 1.56. The monoisotopic (exact) mass is 389 g/mol. The van der Waals surface area contributed by atoms with Crippen LogP contribution in [-0.4, -0.2) is 51.2 Å². The Bertz CT molecular complexity index is 813. The minimum atomic E-state index is -0.309. The molecular weight excluding hydrogens is 361 g/mol. The van der Waals surface area contributed by atoms with Crippen LogP contribution in [0.3, 0.4) is 0 Å². The van der Waals surface area contributed by atoms with E-state index in [4.69, 9.17) is 4.74 Å². The molecule has 3 rings (SSSR count). The molecule has 0 radical (unpaired) electrons. The Morgan fingerprint density at radius 1 is 1.29 bits per heavy atom.